The lowest BCUT2D eigenvalue weighted by molar-refractivity contribution is 0.102. The molecule has 4 nitrogen and oxygen atoms in total. The lowest BCUT2D eigenvalue weighted by Gasteiger charge is -2.09. The lowest BCUT2D eigenvalue weighted by atomic mass is 10.2. The van der Waals surface area contributed by atoms with Crippen LogP contribution < -0.4 is 4.74 Å². The molecule has 4 rings (SSSR count). The van der Waals surface area contributed by atoms with Crippen molar-refractivity contribution in [2.75, 3.05) is 12.9 Å². The Bertz CT molecular complexity index is 1120. The number of hydrogen-bond donors (Lipinski definition) is 0. The van der Waals surface area contributed by atoms with E-state index < -0.39 is 0 Å². The van der Waals surface area contributed by atoms with Crippen LogP contribution in [0.3, 0.4) is 0 Å². The minimum Gasteiger partial charge on any atom is -0.497 e. The fourth-order valence-electron chi connectivity index (χ4n) is 2.91. The van der Waals surface area contributed by atoms with Crippen LogP contribution in [0.15, 0.2) is 69.6 Å². The molecule has 0 aliphatic heterocycles. The lowest BCUT2D eigenvalue weighted by Crippen LogP contribution is -2.04. The largest absolute Gasteiger partial charge is 0.497 e. The van der Waals surface area contributed by atoms with Gasteiger partial charge in [0.25, 0.3) is 0 Å². The summed E-state index contributed by atoms with van der Waals surface area (Å²) in [5.74, 6) is 1.23. The second-order valence-electron chi connectivity index (χ2n) is 6.14. The second kappa shape index (κ2) is 8.51. The number of nitrogens with zero attached hydrogens (tertiary/aromatic N) is 2. The normalized spacial score (nSPS) is 11.1. The third kappa shape index (κ3) is 4.16. The number of imidazole rings is 1. The van der Waals surface area contributed by atoms with Gasteiger partial charge in [-0.3, -0.25) is 4.79 Å². The van der Waals surface area contributed by atoms with Crippen molar-refractivity contribution < 1.29 is 9.53 Å². The van der Waals surface area contributed by atoms with Gasteiger partial charge in [-0.25, -0.2) is 4.98 Å². The Morgan fingerprint density at radius 3 is 2.71 bits per heavy atom. The van der Waals surface area contributed by atoms with E-state index in [9.17, 15) is 4.79 Å². The first-order chi connectivity index (χ1) is 13.6. The highest BCUT2D eigenvalue weighted by Gasteiger charge is 2.16. The molecule has 0 fully saturated rings. The first-order valence-corrected chi connectivity index (χ1v) is 11.2. The molecular weight excluding hydrogens is 456 g/mol. The first-order valence-electron chi connectivity index (χ1n) is 8.63. The third-order valence-corrected chi connectivity index (χ3v) is 6.93. The zero-order valence-corrected chi connectivity index (χ0v) is 18.3. The van der Waals surface area contributed by atoms with Gasteiger partial charge in [0, 0.05) is 6.07 Å². The Labute approximate surface area is 179 Å². The van der Waals surface area contributed by atoms with Gasteiger partial charge in [0.15, 0.2) is 10.9 Å². The van der Waals surface area contributed by atoms with Crippen molar-refractivity contribution in [3.63, 3.8) is 0 Å². The molecule has 2 heterocycles. The average Bonchev–Trinajstić information content (AvgIpc) is 3.30. The maximum atomic E-state index is 12.5. The summed E-state index contributed by atoms with van der Waals surface area (Å²) >= 11 is 6.34. The molecule has 0 atom stereocenters. The summed E-state index contributed by atoms with van der Waals surface area (Å²) in [6, 6.07) is 19.9. The molecule has 0 saturated heterocycles. The number of rotatable bonds is 7. The Hall–Kier alpha value is -2.09. The molecule has 0 bridgehead atoms. The van der Waals surface area contributed by atoms with Crippen LogP contribution in [0.2, 0.25) is 0 Å². The van der Waals surface area contributed by atoms with E-state index in [1.807, 2.05) is 48.5 Å². The number of Topliss-reactive ketones (excluding diaryl/α,β-unsaturated/α-hetero) is 1. The van der Waals surface area contributed by atoms with E-state index in [1.54, 1.807) is 7.11 Å². The summed E-state index contributed by atoms with van der Waals surface area (Å²) in [5.41, 5.74) is 3.08. The fraction of sp³-hybridized carbons (Fsp3) is 0.143. The van der Waals surface area contributed by atoms with Gasteiger partial charge in [-0.1, -0.05) is 42.1 Å². The van der Waals surface area contributed by atoms with Crippen molar-refractivity contribution in [2.24, 2.45) is 0 Å². The summed E-state index contributed by atoms with van der Waals surface area (Å²) in [6.45, 7) is 0.699. The van der Waals surface area contributed by atoms with E-state index in [-0.39, 0.29) is 5.78 Å². The predicted octanol–water partition coefficient (Wildman–Crippen LogP) is 5.89. The molecule has 4 aromatic rings. The molecule has 0 saturated carbocycles. The van der Waals surface area contributed by atoms with Gasteiger partial charge in [0.1, 0.15) is 5.75 Å². The Morgan fingerprint density at radius 1 is 1.18 bits per heavy atom. The number of hydrogen-bond acceptors (Lipinski definition) is 5. The molecule has 0 aliphatic carbocycles. The van der Waals surface area contributed by atoms with E-state index in [1.165, 1.54) is 28.7 Å². The molecule has 28 heavy (non-hydrogen) atoms. The number of carbonyl (C=O) groups excluding carboxylic acids is 1. The van der Waals surface area contributed by atoms with E-state index in [4.69, 9.17) is 9.72 Å². The van der Waals surface area contributed by atoms with Crippen molar-refractivity contribution >= 4 is 55.8 Å². The van der Waals surface area contributed by atoms with Gasteiger partial charge in [-0.2, -0.15) is 0 Å². The quantitative estimate of drug-likeness (QED) is 0.248. The van der Waals surface area contributed by atoms with Crippen LogP contribution in [0.5, 0.6) is 5.75 Å². The summed E-state index contributed by atoms with van der Waals surface area (Å²) in [5, 5.41) is 0.830. The molecule has 2 aromatic heterocycles. The SMILES string of the molecule is COc1ccc2c(c1)nc(SCC(=O)c1ccc(Br)s1)n2Cc1ccccc1. The van der Waals surface area contributed by atoms with Gasteiger partial charge in [-0.15, -0.1) is 11.3 Å². The number of ether oxygens (including phenoxy) is 1. The Kier molecular flexibility index (Phi) is 5.85. The number of fused-ring (bicyclic) bond motifs is 1. The maximum Gasteiger partial charge on any atom is 0.183 e. The predicted molar refractivity (Wildman–Crippen MR) is 119 cm³/mol. The van der Waals surface area contributed by atoms with Gasteiger partial charge in [0.2, 0.25) is 0 Å². The smallest absolute Gasteiger partial charge is 0.183 e. The van der Waals surface area contributed by atoms with Gasteiger partial charge in [0.05, 0.1) is 39.1 Å². The fourth-order valence-corrected chi connectivity index (χ4v) is 5.22. The van der Waals surface area contributed by atoms with Crippen molar-refractivity contribution in [1.82, 2.24) is 9.55 Å². The zero-order valence-electron chi connectivity index (χ0n) is 15.1. The zero-order chi connectivity index (χ0) is 19.5. The number of carbonyl (C=O) groups is 1. The summed E-state index contributed by atoms with van der Waals surface area (Å²) in [7, 11) is 1.65. The maximum absolute atomic E-state index is 12.5. The van der Waals surface area contributed by atoms with Crippen molar-refractivity contribution in [3.05, 3.63) is 74.9 Å². The van der Waals surface area contributed by atoms with Gasteiger partial charge < -0.3 is 9.30 Å². The van der Waals surface area contributed by atoms with Crippen molar-refractivity contribution in [3.8, 4) is 5.75 Å². The number of ketones is 1. The standard InChI is InChI=1S/C21H17BrN2O2S2/c1-26-15-7-8-17-16(11-15)23-21(24(17)12-14-5-3-2-4-6-14)27-13-18(25)19-9-10-20(22)28-19/h2-11H,12-13H2,1H3. The van der Waals surface area contributed by atoms with Crippen LogP contribution in [-0.2, 0) is 6.54 Å². The summed E-state index contributed by atoms with van der Waals surface area (Å²) in [6.07, 6.45) is 0. The van der Waals surface area contributed by atoms with E-state index in [0.29, 0.717) is 12.3 Å². The van der Waals surface area contributed by atoms with E-state index in [2.05, 4.69) is 32.6 Å². The number of aromatic nitrogens is 2. The number of thioether (sulfide) groups is 1. The summed E-state index contributed by atoms with van der Waals surface area (Å²) < 4.78 is 8.46. The van der Waals surface area contributed by atoms with E-state index >= 15 is 0 Å². The van der Waals surface area contributed by atoms with Gasteiger partial charge in [-0.05, 0) is 45.8 Å². The van der Waals surface area contributed by atoms with Crippen LogP contribution in [0.25, 0.3) is 11.0 Å². The number of methoxy groups -OCH3 is 1. The van der Waals surface area contributed by atoms with Crippen LogP contribution in [0.4, 0.5) is 0 Å². The number of halogens is 1. The third-order valence-electron chi connectivity index (χ3n) is 4.28. The van der Waals surface area contributed by atoms with Crippen LogP contribution in [0.1, 0.15) is 15.2 Å². The Balaban J connectivity index is 1.65. The molecule has 0 radical (unpaired) electrons. The topological polar surface area (TPSA) is 44.1 Å². The molecule has 0 amide bonds. The molecule has 0 N–H and O–H groups in total. The average molecular weight is 473 g/mol. The molecule has 0 spiro atoms. The highest BCUT2D eigenvalue weighted by atomic mass is 79.9. The van der Waals surface area contributed by atoms with Gasteiger partial charge >= 0.3 is 0 Å². The number of thiophene rings is 1. The van der Waals surface area contributed by atoms with Crippen LogP contribution in [0, 0.1) is 0 Å². The first kappa shape index (κ1) is 19.2. The van der Waals surface area contributed by atoms with Crippen molar-refractivity contribution in [2.45, 2.75) is 11.7 Å². The summed E-state index contributed by atoms with van der Waals surface area (Å²) in [4.78, 5) is 18.1. The molecule has 0 aliphatic rings. The molecule has 0 unspecified atom stereocenters. The van der Waals surface area contributed by atoms with Crippen LogP contribution in [-0.4, -0.2) is 28.2 Å². The highest BCUT2D eigenvalue weighted by molar-refractivity contribution is 9.11. The van der Waals surface area contributed by atoms with Crippen LogP contribution >= 0.6 is 39.0 Å². The minimum atomic E-state index is 0.108. The Morgan fingerprint density at radius 2 is 2.00 bits per heavy atom. The highest BCUT2D eigenvalue weighted by Crippen LogP contribution is 2.29. The number of benzene rings is 2. The molecule has 2 aromatic carbocycles. The monoisotopic (exact) mass is 472 g/mol. The molecular formula is C21H17BrN2O2S2. The second-order valence-corrected chi connectivity index (χ2v) is 9.54. The van der Waals surface area contributed by atoms with Crippen molar-refractivity contribution in [1.29, 1.82) is 0 Å². The molecule has 7 heteroatoms. The molecule has 142 valence electrons. The van der Waals surface area contributed by atoms with E-state index in [0.717, 1.165) is 30.6 Å². The minimum absolute atomic E-state index is 0.108.